The SMILES string of the molecule is Cn1nnc(CN2CCC(OCCCN)CC2)n1. The number of aromatic nitrogens is 4. The van der Waals surface area contributed by atoms with Crippen LogP contribution in [0.1, 0.15) is 25.1 Å². The number of hydrogen-bond acceptors (Lipinski definition) is 6. The van der Waals surface area contributed by atoms with E-state index in [2.05, 4.69) is 20.3 Å². The molecule has 0 atom stereocenters. The Balaban J connectivity index is 1.67. The first kappa shape index (κ1) is 13.4. The van der Waals surface area contributed by atoms with Gasteiger partial charge in [-0.05, 0) is 31.0 Å². The molecule has 18 heavy (non-hydrogen) atoms. The highest BCUT2D eigenvalue weighted by Gasteiger charge is 2.20. The van der Waals surface area contributed by atoms with E-state index in [1.54, 1.807) is 7.05 Å². The van der Waals surface area contributed by atoms with E-state index in [1.807, 2.05) is 0 Å². The highest BCUT2D eigenvalue weighted by Crippen LogP contribution is 2.15. The summed E-state index contributed by atoms with van der Waals surface area (Å²) in [5, 5.41) is 12.0. The molecule has 2 N–H and O–H groups in total. The summed E-state index contributed by atoms with van der Waals surface area (Å²) in [6, 6.07) is 0. The number of piperidine rings is 1. The summed E-state index contributed by atoms with van der Waals surface area (Å²) >= 11 is 0. The summed E-state index contributed by atoms with van der Waals surface area (Å²) in [5.74, 6) is 0.792. The molecule has 0 radical (unpaired) electrons. The van der Waals surface area contributed by atoms with E-state index in [1.165, 1.54) is 4.80 Å². The van der Waals surface area contributed by atoms with Gasteiger partial charge in [0.15, 0.2) is 5.82 Å². The number of ether oxygens (including phenoxy) is 1. The van der Waals surface area contributed by atoms with Gasteiger partial charge in [-0.1, -0.05) is 0 Å². The monoisotopic (exact) mass is 254 g/mol. The standard InChI is InChI=1S/C11H22N6O/c1-16-14-11(13-15-16)9-17-6-3-10(4-7-17)18-8-2-5-12/h10H,2-9,12H2,1H3. The summed E-state index contributed by atoms with van der Waals surface area (Å²) in [6.45, 7) is 4.34. The molecular formula is C11H22N6O. The predicted molar refractivity (Wildman–Crippen MR) is 66.7 cm³/mol. The van der Waals surface area contributed by atoms with E-state index >= 15 is 0 Å². The molecule has 2 rings (SSSR count). The molecule has 0 spiro atoms. The van der Waals surface area contributed by atoms with Crippen LogP contribution in [-0.2, 0) is 18.3 Å². The first-order chi connectivity index (χ1) is 8.78. The number of aryl methyl sites for hydroxylation is 1. The number of nitrogens with two attached hydrogens (primary N) is 1. The summed E-state index contributed by atoms with van der Waals surface area (Å²) in [6.07, 6.45) is 3.49. The van der Waals surface area contributed by atoms with Gasteiger partial charge < -0.3 is 10.5 Å². The van der Waals surface area contributed by atoms with Crippen molar-refractivity contribution in [2.45, 2.75) is 31.9 Å². The molecule has 0 amide bonds. The lowest BCUT2D eigenvalue weighted by Crippen LogP contribution is -2.37. The highest BCUT2D eigenvalue weighted by molar-refractivity contribution is 4.80. The molecule has 0 bridgehead atoms. The third-order valence-electron chi connectivity index (χ3n) is 3.15. The van der Waals surface area contributed by atoms with Crippen LogP contribution in [0.2, 0.25) is 0 Å². The van der Waals surface area contributed by atoms with Crippen molar-refractivity contribution >= 4 is 0 Å². The maximum atomic E-state index is 5.77. The summed E-state index contributed by atoms with van der Waals surface area (Å²) in [7, 11) is 1.79. The highest BCUT2D eigenvalue weighted by atomic mass is 16.5. The van der Waals surface area contributed by atoms with E-state index in [0.29, 0.717) is 12.6 Å². The lowest BCUT2D eigenvalue weighted by Gasteiger charge is -2.30. The maximum absolute atomic E-state index is 5.77. The average molecular weight is 254 g/mol. The van der Waals surface area contributed by atoms with Gasteiger partial charge in [-0.2, -0.15) is 4.80 Å². The van der Waals surface area contributed by atoms with Gasteiger partial charge in [-0.3, -0.25) is 4.90 Å². The molecule has 0 aromatic carbocycles. The smallest absolute Gasteiger partial charge is 0.188 e. The Morgan fingerprint density at radius 3 is 2.78 bits per heavy atom. The number of tetrazole rings is 1. The predicted octanol–water partition coefficient (Wildman–Crippen LogP) is -0.460. The third kappa shape index (κ3) is 4.01. The van der Waals surface area contributed by atoms with E-state index in [4.69, 9.17) is 10.5 Å². The second-order valence-corrected chi connectivity index (χ2v) is 4.68. The van der Waals surface area contributed by atoms with Crippen molar-refractivity contribution < 1.29 is 4.74 Å². The minimum absolute atomic E-state index is 0.391. The first-order valence-corrected chi connectivity index (χ1v) is 6.55. The minimum atomic E-state index is 0.391. The Labute approximate surface area is 107 Å². The number of rotatable bonds is 6. The van der Waals surface area contributed by atoms with Gasteiger partial charge in [0, 0.05) is 19.7 Å². The molecule has 7 heteroatoms. The fraction of sp³-hybridized carbons (Fsp3) is 0.909. The molecule has 0 saturated carbocycles. The van der Waals surface area contributed by atoms with E-state index in [0.717, 1.165) is 51.3 Å². The largest absolute Gasteiger partial charge is 0.378 e. The van der Waals surface area contributed by atoms with E-state index in [-0.39, 0.29) is 0 Å². The second kappa shape index (κ2) is 6.77. The molecule has 1 aromatic heterocycles. The minimum Gasteiger partial charge on any atom is -0.378 e. The molecule has 0 unspecified atom stereocenters. The van der Waals surface area contributed by atoms with Crippen molar-refractivity contribution in [2.24, 2.45) is 12.8 Å². The summed E-state index contributed by atoms with van der Waals surface area (Å²) in [4.78, 5) is 3.85. The van der Waals surface area contributed by atoms with Crippen LogP contribution in [0.5, 0.6) is 0 Å². The van der Waals surface area contributed by atoms with Crippen LogP contribution >= 0.6 is 0 Å². The molecule has 0 aliphatic carbocycles. The van der Waals surface area contributed by atoms with E-state index < -0.39 is 0 Å². The van der Waals surface area contributed by atoms with Crippen molar-refractivity contribution in [3.05, 3.63) is 5.82 Å². The Morgan fingerprint density at radius 2 is 2.17 bits per heavy atom. The quantitative estimate of drug-likeness (QED) is 0.692. The van der Waals surface area contributed by atoms with Crippen LogP contribution in [-0.4, -0.2) is 57.5 Å². The average Bonchev–Trinajstić information content (AvgIpc) is 2.77. The Hall–Kier alpha value is -1.05. The van der Waals surface area contributed by atoms with Gasteiger partial charge in [0.05, 0.1) is 19.7 Å². The van der Waals surface area contributed by atoms with Crippen molar-refractivity contribution in [1.29, 1.82) is 0 Å². The second-order valence-electron chi connectivity index (χ2n) is 4.68. The summed E-state index contributed by atoms with van der Waals surface area (Å²) < 4.78 is 5.77. The lowest BCUT2D eigenvalue weighted by atomic mass is 10.1. The van der Waals surface area contributed by atoms with Gasteiger partial charge in [0.25, 0.3) is 0 Å². The zero-order chi connectivity index (χ0) is 12.8. The van der Waals surface area contributed by atoms with Crippen LogP contribution < -0.4 is 5.73 Å². The van der Waals surface area contributed by atoms with Crippen LogP contribution in [0.4, 0.5) is 0 Å². The van der Waals surface area contributed by atoms with Crippen LogP contribution in [0.15, 0.2) is 0 Å². The first-order valence-electron chi connectivity index (χ1n) is 6.55. The van der Waals surface area contributed by atoms with Gasteiger partial charge in [-0.15, -0.1) is 10.2 Å². The van der Waals surface area contributed by atoms with Crippen molar-refractivity contribution in [3.8, 4) is 0 Å². The molecular weight excluding hydrogens is 232 g/mol. The molecule has 102 valence electrons. The number of hydrogen-bond donors (Lipinski definition) is 1. The Kier molecular flexibility index (Phi) is 5.03. The molecule has 1 saturated heterocycles. The molecule has 7 nitrogen and oxygen atoms in total. The van der Waals surface area contributed by atoms with Crippen LogP contribution in [0.25, 0.3) is 0 Å². The third-order valence-corrected chi connectivity index (χ3v) is 3.15. The maximum Gasteiger partial charge on any atom is 0.188 e. The van der Waals surface area contributed by atoms with Gasteiger partial charge >= 0.3 is 0 Å². The van der Waals surface area contributed by atoms with Crippen molar-refractivity contribution in [2.75, 3.05) is 26.2 Å². The van der Waals surface area contributed by atoms with Crippen molar-refractivity contribution in [3.63, 3.8) is 0 Å². The number of likely N-dealkylation sites (tertiary alicyclic amines) is 1. The summed E-state index contributed by atoms with van der Waals surface area (Å²) in [5.41, 5.74) is 5.44. The fourth-order valence-electron chi connectivity index (χ4n) is 2.15. The normalized spacial score (nSPS) is 18.3. The van der Waals surface area contributed by atoms with Gasteiger partial charge in [-0.25, -0.2) is 0 Å². The molecule has 1 aromatic rings. The molecule has 1 aliphatic rings. The molecule has 1 aliphatic heterocycles. The zero-order valence-corrected chi connectivity index (χ0v) is 11.0. The molecule has 1 fully saturated rings. The van der Waals surface area contributed by atoms with Gasteiger partial charge in [0.2, 0.25) is 0 Å². The van der Waals surface area contributed by atoms with Crippen LogP contribution in [0.3, 0.4) is 0 Å². The van der Waals surface area contributed by atoms with Crippen molar-refractivity contribution in [1.82, 2.24) is 25.1 Å². The Morgan fingerprint density at radius 1 is 1.39 bits per heavy atom. The fourth-order valence-corrected chi connectivity index (χ4v) is 2.15. The van der Waals surface area contributed by atoms with E-state index in [9.17, 15) is 0 Å². The topological polar surface area (TPSA) is 82.1 Å². The molecule has 2 heterocycles. The Bertz CT molecular complexity index is 347. The number of nitrogens with zero attached hydrogens (tertiary/aromatic N) is 5. The van der Waals surface area contributed by atoms with Crippen LogP contribution in [0, 0.1) is 0 Å². The van der Waals surface area contributed by atoms with Gasteiger partial charge in [0.1, 0.15) is 0 Å². The lowest BCUT2D eigenvalue weighted by molar-refractivity contribution is 0.00514. The zero-order valence-electron chi connectivity index (χ0n) is 11.0.